The van der Waals surface area contributed by atoms with Gasteiger partial charge >= 0.3 is 0 Å². The van der Waals surface area contributed by atoms with Crippen molar-refractivity contribution < 1.29 is 27.4 Å². The second kappa shape index (κ2) is 11.2. The molecule has 0 aliphatic carbocycles. The fraction of sp³-hybridized carbons (Fsp3) is 0.269. The Morgan fingerprint density at radius 1 is 1.03 bits per heavy atom. The largest absolute Gasteiger partial charge is 0.493 e. The van der Waals surface area contributed by atoms with Crippen LogP contribution in [0.1, 0.15) is 28.8 Å². The molecular weight excluding hydrogens is 468 g/mol. The van der Waals surface area contributed by atoms with Gasteiger partial charge in [0.1, 0.15) is 6.61 Å². The number of benzene rings is 3. The summed E-state index contributed by atoms with van der Waals surface area (Å²) in [6, 6.07) is 19.9. The first-order valence-corrected chi connectivity index (χ1v) is 12.8. The topological polar surface area (TPSA) is 103 Å². The quantitative estimate of drug-likeness (QED) is 0.440. The second-order valence-electron chi connectivity index (χ2n) is 8.11. The molecule has 0 radical (unpaired) electrons. The van der Waals surface area contributed by atoms with Crippen LogP contribution in [0.15, 0.2) is 77.7 Å². The van der Waals surface area contributed by atoms with Crippen molar-refractivity contribution in [1.82, 2.24) is 5.32 Å². The van der Waals surface area contributed by atoms with Crippen LogP contribution in [-0.4, -0.2) is 40.8 Å². The molecule has 3 aromatic rings. The van der Waals surface area contributed by atoms with Crippen LogP contribution in [0.25, 0.3) is 0 Å². The summed E-state index contributed by atoms with van der Waals surface area (Å²) in [5.41, 5.74) is 1.64. The fourth-order valence-corrected chi connectivity index (χ4v) is 4.77. The maximum absolute atomic E-state index is 12.6. The van der Waals surface area contributed by atoms with Crippen molar-refractivity contribution in [2.45, 2.75) is 30.4 Å². The Hall–Kier alpha value is -3.56. The van der Waals surface area contributed by atoms with E-state index in [0.29, 0.717) is 35.9 Å². The molecule has 1 amide bonds. The molecule has 8 nitrogen and oxygen atoms in total. The minimum Gasteiger partial charge on any atom is -0.493 e. The molecule has 4 rings (SSSR count). The molecule has 3 aromatic carbocycles. The molecule has 1 saturated heterocycles. The van der Waals surface area contributed by atoms with E-state index in [9.17, 15) is 13.2 Å². The number of nitrogens with one attached hydrogen (secondary N) is 2. The first-order valence-electron chi connectivity index (χ1n) is 11.3. The van der Waals surface area contributed by atoms with Crippen molar-refractivity contribution >= 4 is 21.6 Å². The predicted molar refractivity (Wildman–Crippen MR) is 132 cm³/mol. The van der Waals surface area contributed by atoms with Gasteiger partial charge in [-0.15, -0.1) is 0 Å². The van der Waals surface area contributed by atoms with Gasteiger partial charge in [-0.3, -0.25) is 9.52 Å². The number of carbonyl (C=O) groups is 1. The molecule has 0 bridgehead atoms. The van der Waals surface area contributed by atoms with Gasteiger partial charge in [-0.1, -0.05) is 24.3 Å². The normalized spacial score (nSPS) is 15.4. The number of hydrogen-bond acceptors (Lipinski definition) is 6. The fourth-order valence-electron chi connectivity index (χ4n) is 3.69. The number of sulfonamides is 1. The van der Waals surface area contributed by atoms with E-state index in [1.807, 2.05) is 18.2 Å². The van der Waals surface area contributed by atoms with Crippen molar-refractivity contribution in [3.8, 4) is 11.5 Å². The smallest absolute Gasteiger partial charge is 0.261 e. The Kier molecular flexibility index (Phi) is 7.89. The molecule has 1 heterocycles. The minimum atomic E-state index is -3.69. The number of rotatable bonds is 10. The zero-order valence-corrected chi connectivity index (χ0v) is 20.2. The van der Waals surface area contributed by atoms with E-state index in [1.54, 1.807) is 49.6 Å². The van der Waals surface area contributed by atoms with Crippen molar-refractivity contribution in [1.29, 1.82) is 0 Å². The molecule has 35 heavy (non-hydrogen) atoms. The van der Waals surface area contributed by atoms with Crippen molar-refractivity contribution in [2.75, 3.05) is 25.0 Å². The van der Waals surface area contributed by atoms with Crippen molar-refractivity contribution in [2.24, 2.45) is 0 Å². The number of ether oxygens (including phenoxy) is 3. The predicted octanol–water partition coefficient (Wildman–Crippen LogP) is 3.98. The maximum atomic E-state index is 12.6. The number of methoxy groups -OCH3 is 1. The molecule has 1 aliphatic rings. The lowest BCUT2D eigenvalue weighted by Crippen LogP contribution is -2.23. The summed E-state index contributed by atoms with van der Waals surface area (Å²) in [7, 11) is -2.12. The Morgan fingerprint density at radius 2 is 1.80 bits per heavy atom. The van der Waals surface area contributed by atoms with Gasteiger partial charge in [0, 0.05) is 24.4 Å². The van der Waals surface area contributed by atoms with Gasteiger partial charge in [0.25, 0.3) is 15.9 Å². The van der Waals surface area contributed by atoms with E-state index in [-0.39, 0.29) is 16.9 Å². The molecule has 1 atom stereocenters. The number of carbonyl (C=O) groups excluding carboxylic acids is 1. The van der Waals surface area contributed by atoms with E-state index in [2.05, 4.69) is 10.0 Å². The molecule has 1 aliphatic heterocycles. The SMILES string of the molecule is COc1cc(CNC(=O)c2ccc(NS(=O)(=O)c3ccccc3)cc2)ccc1OCC1CCCO1. The van der Waals surface area contributed by atoms with Crippen LogP contribution in [0.2, 0.25) is 0 Å². The third kappa shape index (κ3) is 6.52. The molecule has 1 fully saturated rings. The number of hydrogen-bond donors (Lipinski definition) is 2. The number of anilines is 1. The van der Waals surface area contributed by atoms with Gasteiger partial charge in [-0.05, 0) is 66.9 Å². The lowest BCUT2D eigenvalue weighted by Gasteiger charge is -2.15. The standard InChI is InChI=1S/C26H28N2O6S/c1-32-25-16-19(9-14-24(25)34-18-22-6-5-15-33-22)17-27-26(29)20-10-12-21(13-11-20)28-35(30,31)23-7-3-2-4-8-23/h2-4,7-14,16,22,28H,5-6,15,17-18H2,1H3,(H,27,29). The van der Waals surface area contributed by atoms with Crippen LogP contribution < -0.4 is 19.5 Å². The lowest BCUT2D eigenvalue weighted by atomic mass is 10.1. The average Bonchev–Trinajstić information content (AvgIpc) is 3.41. The Morgan fingerprint density at radius 3 is 2.49 bits per heavy atom. The van der Waals surface area contributed by atoms with Gasteiger partial charge in [0.2, 0.25) is 0 Å². The summed E-state index contributed by atoms with van der Waals surface area (Å²) in [6.07, 6.45) is 2.15. The zero-order valence-electron chi connectivity index (χ0n) is 19.4. The van der Waals surface area contributed by atoms with Gasteiger partial charge in [0.15, 0.2) is 11.5 Å². The van der Waals surface area contributed by atoms with E-state index in [1.165, 1.54) is 12.1 Å². The van der Waals surface area contributed by atoms with Crippen LogP contribution in [0.4, 0.5) is 5.69 Å². The number of amides is 1. The average molecular weight is 497 g/mol. The van der Waals surface area contributed by atoms with Gasteiger partial charge < -0.3 is 19.5 Å². The molecule has 0 spiro atoms. The monoisotopic (exact) mass is 496 g/mol. The van der Waals surface area contributed by atoms with Crippen LogP contribution in [0.5, 0.6) is 11.5 Å². The second-order valence-corrected chi connectivity index (χ2v) is 9.79. The molecule has 2 N–H and O–H groups in total. The molecule has 0 aromatic heterocycles. The lowest BCUT2D eigenvalue weighted by molar-refractivity contribution is 0.0669. The molecule has 0 saturated carbocycles. The van der Waals surface area contributed by atoms with Crippen LogP contribution in [0.3, 0.4) is 0 Å². The van der Waals surface area contributed by atoms with Gasteiger partial charge in [0.05, 0.1) is 18.1 Å². The highest BCUT2D eigenvalue weighted by Crippen LogP contribution is 2.29. The Balaban J connectivity index is 1.32. The zero-order chi connectivity index (χ0) is 24.7. The third-order valence-corrected chi connectivity index (χ3v) is 6.98. The minimum absolute atomic E-state index is 0.110. The van der Waals surface area contributed by atoms with Crippen LogP contribution in [-0.2, 0) is 21.3 Å². The molecule has 9 heteroatoms. The molecule has 184 valence electrons. The first-order chi connectivity index (χ1) is 16.9. The van der Waals surface area contributed by atoms with Gasteiger partial charge in [-0.25, -0.2) is 8.42 Å². The van der Waals surface area contributed by atoms with Crippen LogP contribution in [0, 0.1) is 0 Å². The summed E-state index contributed by atoms with van der Waals surface area (Å²) in [5, 5.41) is 2.86. The van der Waals surface area contributed by atoms with Crippen molar-refractivity contribution in [3.05, 3.63) is 83.9 Å². The molecular formula is C26H28N2O6S. The highest BCUT2D eigenvalue weighted by atomic mass is 32.2. The summed E-state index contributed by atoms with van der Waals surface area (Å²) in [6.45, 7) is 1.55. The van der Waals surface area contributed by atoms with Crippen LogP contribution >= 0.6 is 0 Å². The van der Waals surface area contributed by atoms with E-state index in [0.717, 1.165) is 25.0 Å². The van der Waals surface area contributed by atoms with Gasteiger partial charge in [-0.2, -0.15) is 0 Å². The van der Waals surface area contributed by atoms with E-state index in [4.69, 9.17) is 14.2 Å². The highest BCUT2D eigenvalue weighted by molar-refractivity contribution is 7.92. The first kappa shape index (κ1) is 24.6. The maximum Gasteiger partial charge on any atom is 0.261 e. The highest BCUT2D eigenvalue weighted by Gasteiger charge is 2.17. The Labute approximate surface area is 205 Å². The summed E-state index contributed by atoms with van der Waals surface area (Å²) in [4.78, 5) is 12.8. The third-order valence-electron chi connectivity index (χ3n) is 5.58. The summed E-state index contributed by atoms with van der Waals surface area (Å²) < 4.78 is 44.3. The summed E-state index contributed by atoms with van der Waals surface area (Å²) >= 11 is 0. The summed E-state index contributed by atoms with van der Waals surface area (Å²) in [5.74, 6) is 0.941. The van der Waals surface area contributed by atoms with E-state index < -0.39 is 10.0 Å². The molecule has 1 unspecified atom stereocenters. The van der Waals surface area contributed by atoms with Crippen molar-refractivity contribution in [3.63, 3.8) is 0 Å². The Bertz CT molecular complexity index is 1240. The van der Waals surface area contributed by atoms with E-state index >= 15 is 0 Å².